The third-order valence-corrected chi connectivity index (χ3v) is 5.80. The van der Waals surface area contributed by atoms with Crippen LogP contribution in [0.4, 0.5) is 0 Å². The van der Waals surface area contributed by atoms with Gasteiger partial charge in [-0.1, -0.05) is 13.8 Å². The van der Waals surface area contributed by atoms with Crippen molar-refractivity contribution in [3.8, 4) is 11.5 Å². The Morgan fingerprint density at radius 3 is 2.55 bits per heavy atom. The molecule has 3 rings (SSSR count). The minimum Gasteiger partial charge on any atom is -0.486 e. The van der Waals surface area contributed by atoms with Crippen LogP contribution in [0.5, 0.6) is 11.5 Å². The number of rotatable bonds is 10. The molecule has 0 saturated heterocycles. The molecule has 8 nitrogen and oxygen atoms in total. The standard InChI is InChI=1S/C22H32N4O4S/c1-4-25(5-2)7-8-26(22(31)23-6-9-28-3)15-17-12-16-13-19-20(30-11-10-29-19)14-18(16)24-21(17)27/h12-14H,4-11,15H2,1-3H3,(H,23,31)(H,24,27). The van der Waals surface area contributed by atoms with Crippen molar-refractivity contribution in [3.05, 3.63) is 34.1 Å². The van der Waals surface area contributed by atoms with Crippen molar-refractivity contribution in [2.75, 3.05) is 59.7 Å². The quantitative estimate of drug-likeness (QED) is 0.422. The van der Waals surface area contributed by atoms with Gasteiger partial charge in [0.15, 0.2) is 16.6 Å². The Hall–Kier alpha value is -2.36. The lowest BCUT2D eigenvalue weighted by molar-refractivity contribution is 0.172. The molecule has 9 heteroatoms. The van der Waals surface area contributed by atoms with Crippen LogP contribution in [0.3, 0.4) is 0 Å². The first-order valence-electron chi connectivity index (χ1n) is 10.7. The molecule has 0 fully saturated rings. The van der Waals surface area contributed by atoms with Gasteiger partial charge in [-0.3, -0.25) is 4.79 Å². The summed E-state index contributed by atoms with van der Waals surface area (Å²) in [6, 6.07) is 5.65. The fourth-order valence-electron chi connectivity index (χ4n) is 3.54. The molecule has 0 radical (unpaired) electrons. The maximum Gasteiger partial charge on any atom is 0.253 e. The van der Waals surface area contributed by atoms with Crippen molar-refractivity contribution in [2.24, 2.45) is 0 Å². The summed E-state index contributed by atoms with van der Waals surface area (Å²) in [5.74, 6) is 1.36. The molecule has 0 bridgehead atoms. The van der Waals surface area contributed by atoms with E-state index in [0.29, 0.717) is 55.1 Å². The zero-order valence-electron chi connectivity index (χ0n) is 18.5. The molecule has 0 saturated carbocycles. The van der Waals surface area contributed by atoms with E-state index >= 15 is 0 Å². The van der Waals surface area contributed by atoms with Gasteiger partial charge < -0.3 is 34.3 Å². The number of likely N-dealkylation sites (N-methyl/N-ethyl adjacent to an activating group) is 1. The Labute approximate surface area is 188 Å². The van der Waals surface area contributed by atoms with Gasteiger partial charge in [0.2, 0.25) is 0 Å². The van der Waals surface area contributed by atoms with E-state index in [9.17, 15) is 4.79 Å². The van der Waals surface area contributed by atoms with Gasteiger partial charge in [0, 0.05) is 43.8 Å². The second-order valence-electron chi connectivity index (χ2n) is 7.38. The lowest BCUT2D eigenvalue weighted by Gasteiger charge is -2.29. The highest BCUT2D eigenvalue weighted by Gasteiger charge is 2.17. The summed E-state index contributed by atoms with van der Waals surface area (Å²) in [7, 11) is 1.66. The van der Waals surface area contributed by atoms with Crippen LogP contribution >= 0.6 is 12.2 Å². The third-order valence-electron chi connectivity index (χ3n) is 5.40. The molecule has 0 aliphatic carbocycles. The number of benzene rings is 1. The highest BCUT2D eigenvalue weighted by molar-refractivity contribution is 7.80. The predicted molar refractivity (Wildman–Crippen MR) is 126 cm³/mol. The fraction of sp³-hybridized carbons (Fsp3) is 0.545. The minimum absolute atomic E-state index is 0.128. The number of ether oxygens (including phenoxy) is 3. The van der Waals surface area contributed by atoms with Gasteiger partial charge in [-0.25, -0.2) is 0 Å². The summed E-state index contributed by atoms with van der Waals surface area (Å²) < 4.78 is 16.4. The van der Waals surface area contributed by atoms with Crippen LogP contribution in [0.25, 0.3) is 10.9 Å². The first kappa shape index (κ1) is 23.3. The van der Waals surface area contributed by atoms with Gasteiger partial charge in [-0.15, -0.1) is 0 Å². The van der Waals surface area contributed by atoms with Crippen LogP contribution in [0.1, 0.15) is 19.4 Å². The van der Waals surface area contributed by atoms with E-state index in [0.717, 1.165) is 37.1 Å². The Kier molecular flexibility index (Phi) is 8.51. The molecule has 0 spiro atoms. The second kappa shape index (κ2) is 11.3. The number of pyridine rings is 1. The molecule has 2 heterocycles. The lowest BCUT2D eigenvalue weighted by Crippen LogP contribution is -2.45. The summed E-state index contributed by atoms with van der Waals surface area (Å²) in [5, 5.41) is 4.75. The fourth-order valence-corrected chi connectivity index (χ4v) is 3.80. The number of methoxy groups -OCH3 is 1. The Morgan fingerprint density at radius 2 is 1.87 bits per heavy atom. The van der Waals surface area contributed by atoms with E-state index in [1.807, 2.05) is 23.1 Å². The first-order valence-corrected chi connectivity index (χ1v) is 11.2. The molecule has 1 aromatic carbocycles. The van der Waals surface area contributed by atoms with Crippen LogP contribution in [0, 0.1) is 0 Å². The molecule has 170 valence electrons. The van der Waals surface area contributed by atoms with Crippen LogP contribution in [-0.4, -0.2) is 79.6 Å². The van der Waals surface area contributed by atoms with E-state index in [-0.39, 0.29) is 5.56 Å². The van der Waals surface area contributed by atoms with Crippen LogP contribution in [0.2, 0.25) is 0 Å². The topological polar surface area (TPSA) is 79.1 Å². The molecular weight excluding hydrogens is 416 g/mol. The van der Waals surface area contributed by atoms with Crippen molar-refractivity contribution >= 4 is 28.2 Å². The molecule has 2 aromatic rings. The molecule has 0 atom stereocenters. The van der Waals surface area contributed by atoms with Gasteiger partial charge in [0.05, 0.1) is 18.7 Å². The second-order valence-corrected chi connectivity index (χ2v) is 7.77. The van der Waals surface area contributed by atoms with E-state index < -0.39 is 0 Å². The van der Waals surface area contributed by atoms with E-state index in [2.05, 4.69) is 29.0 Å². The maximum atomic E-state index is 12.8. The summed E-state index contributed by atoms with van der Waals surface area (Å²) in [4.78, 5) is 20.2. The number of aromatic nitrogens is 1. The molecular formula is C22H32N4O4S. The van der Waals surface area contributed by atoms with E-state index in [4.69, 9.17) is 26.4 Å². The number of H-pyrrole nitrogens is 1. The maximum absolute atomic E-state index is 12.8. The Balaban J connectivity index is 1.83. The molecule has 1 aliphatic rings. The van der Waals surface area contributed by atoms with Gasteiger partial charge >= 0.3 is 0 Å². The average molecular weight is 449 g/mol. The number of hydrogen-bond acceptors (Lipinski definition) is 6. The molecule has 0 amide bonds. The zero-order valence-corrected chi connectivity index (χ0v) is 19.3. The lowest BCUT2D eigenvalue weighted by atomic mass is 10.1. The highest BCUT2D eigenvalue weighted by Crippen LogP contribution is 2.33. The number of thiocarbonyl (C=S) groups is 1. The number of nitrogens with zero attached hydrogens (tertiary/aromatic N) is 2. The van der Waals surface area contributed by atoms with Gasteiger partial charge in [-0.2, -0.15) is 0 Å². The van der Waals surface area contributed by atoms with Gasteiger partial charge in [0.1, 0.15) is 13.2 Å². The van der Waals surface area contributed by atoms with Gasteiger partial charge in [0.25, 0.3) is 5.56 Å². The van der Waals surface area contributed by atoms with Crippen LogP contribution in [0.15, 0.2) is 23.0 Å². The Morgan fingerprint density at radius 1 is 1.16 bits per heavy atom. The van der Waals surface area contributed by atoms with Gasteiger partial charge in [-0.05, 0) is 37.4 Å². The average Bonchev–Trinajstić information content (AvgIpc) is 2.78. The third kappa shape index (κ3) is 6.09. The summed E-state index contributed by atoms with van der Waals surface area (Å²) in [6.45, 7) is 10.4. The van der Waals surface area contributed by atoms with Crippen LogP contribution < -0.4 is 20.3 Å². The summed E-state index contributed by atoms with van der Waals surface area (Å²) >= 11 is 5.62. The number of hydrogen-bond donors (Lipinski definition) is 2. The van der Waals surface area contributed by atoms with Crippen molar-refractivity contribution < 1.29 is 14.2 Å². The molecule has 2 N–H and O–H groups in total. The molecule has 31 heavy (non-hydrogen) atoms. The molecule has 1 aromatic heterocycles. The molecule has 1 aliphatic heterocycles. The van der Waals surface area contributed by atoms with Crippen molar-refractivity contribution in [1.29, 1.82) is 0 Å². The number of fused-ring (bicyclic) bond motifs is 2. The van der Waals surface area contributed by atoms with Crippen molar-refractivity contribution in [1.82, 2.24) is 20.1 Å². The summed E-state index contributed by atoms with van der Waals surface area (Å²) in [6.07, 6.45) is 0. The zero-order chi connectivity index (χ0) is 22.2. The first-order chi connectivity index (χ1) is 15.0. The van der Waals surface area contributed by atoms with E-state index in [1.165, 1.54) is 0 Å². The SMILES string of the molecule is CCN(CC)CCN(Cc1cc2cc3c(cc2[nH]c1=O)OCCO3)C(=S)NCCOC. The van der Waals surface area contributed by atoms with Crippen molar-refractivity contribution in [3.63, 3.8) is 0 Å². The largest absolute Gasteiger partial charge is 0.486 e. The van der Waals surface area contributed by atoms with Crippen molar-refractivity contribution in [2.45, 2.75) is 20.4 Å². The van der Waals surface area contributed by atoms with Crippen LogP contribution in [-0.2, 0) is 11.3 Å². The smallest absolute Gasteiger partial charge is 0.253 e. The number of aromatic amines is 1. The molecule has 0 unspecified atom stereocenters. The normalized spacial score (nSPS) is 12.9. The predicted octanol–water partition coefficient (Wildman–Crippen LogP) is 1.96. The Bertz CT molecular complexity index is 945. The van der Waals surface area contributed by atoms with E-state index in [1.54, 1.807) is 7.11 Å². The minimum atomic E-state index is -0.128. The highest BCUT2D eigenvalue weighted by atomic mass is 32.1. The monoisotopic (exact) mass is 448 g/mol. The summed E-state index contributed by atoms with van der Waals surface area (Å²) in [5.41, 5.74) is 1.25. The number of nitrogens with one attached hydrogen (secondary N) is 2.